The van der Waals surface area contributed by atoms with Crippen LogP contribution in [0.2, 0.25) is 0 Å². The topological polar surface area (TPSA) is 48.8 Å². The molecule has 0 atom stereocenters. The van der Waals surface area contributed by atoms with Gasteiger partial charge in [0.1, 0.15) is 11.2 Å². The van der Waals surface area contributed by atoms with E-state index in [0.29, 0.717) is 5.95 Å². The average Bonchev–Trinajstić information content (AvgIpc) is 3.93. The lowest BCUT2D eigenvalue weighted by atomic mass is 10.0. The van der Waals surface area contributed by atoms with Gasteiger partial charge in [0, 0.05) is 59.7 Å². The third-order valence-corrected chi connectivity index (χ3v) is 11.9. The lowest BCUT2D eigenvalue weighted by Gasteiger charge is -2.14. The Morgan fingerprint density at radius 1 is 0.368 bits per heavy atom. The van der Waals surface area contributed by atoms with Crippen molar-refractivity contribution in [2.24, 2.45) is 0 Å². The van der Waals surface area contributed by atoms with E-state index in [1.165, 1.54) is 16.3 Å². The van der Waals surface area contributed by atoms with Crippen molar-refractivity contribution in [1.82, 2.24) is 19.1 Å². The van der Waals surface area contributed by atoms with E-state index in [-0.39, 0.29) is 0 Å². The molecule has 57 heavy (non-hydrogen) atoms. The minimum Gasteiger partial charge on any atom is -0.455 e. The van der Waals surface area contributed by atoms with E-state index in [1.54, 1.807) is 0 Å². The van der Waals surface area contributed by atoms with Crippen LogP contribution in [0.25, 0.3) is 121 Å². The molecule has 0 aliphatic carbocycles. The van der Waals surface area contributed by atoms with Crippen LogP contribution in [0.5, 0.6) is 0 Å². The Hall–Kier alpha value is -7.76. The minimum absolute atomic E-state index is 0.628. The van der Waals surface area contributed by atoms with Gasteiger partial charge in [-0.05, 0) is 77.5 Å². The Labute approximate surface area is 325 Å². The maximum atomic E-state index is 6.57. The molecule has 0 spiro atoms. The molecule has 0 unspecified atom stereocenters. The second kappa shape index (κ2) is 11.4. The van der Waals surface area contributed by atoms with Crippen LogP contribution in [0.15, 0.2) is 186 Å². The Morgan fingerprint density at radius 3 is 1.86 bits per heavy atom. The van der Waals surface area contributed by atoms with Crippen molar-refractivity contribution >= 4 is 98.0 Å². The summed E-state index contributed by atoms with van der Waals surface area (Å²) in [6.07, 6.45) is 0. The predicted octanol–water partition coefficient (Wildman–Crippen LogP) is 13.7. The van der Waals surface area contributed by atoms with Gasteiger partial charge < -0.3 is 8.98 Å². The van der Waals surface area contributed by atoms with Gasteiger partial charge in [-0.25, -0.2) is 9.97 Å². The van der Waals surface area contributed by atoms with Crippen molar-refractivity contribution in [3.05, 3.63) is 182 Å². The highest BCUT2D eigenvalue weighted by molar-refractivity contribution is 6.21. The molecule has 5 heteroatoms. The number of hydrogen-bond donors (Lipinski definition) is 0. The number of hydrogen-bond acceptors (Lipinski definition) is 3. The number of rotatable bonds is 3. The molecule has 9 aromatic carbocycles. The molecule has 0 radical (unpaired) electrons. The lowest BCUT2D eigenvalue weighted by Crippen LogP contribution is -2.04. The summed E-state index contributed by atoms with van der Waals surface area (Å²) >= 11 is 0. The summed E-state index contributed by atoms with van der Waals surface area (Å²) in [5.41, 5.74) is 10.2. The van der Waals surface area contributed by atoms with Gasteiger partial charge in [0.2, 0.25) is 5.95 Å². The van der Waals surface area contributed by atoms with E-state index >= 15 is 0 Å². The maximum absolute atomic E-state index is 6.57. The number of nitrogens with zero attached hydrogens (tertiary/aromatic N) is 4. The highest BCUT2D eigenvalue weighted by atomic mass is 16.3. The number of fused-ring (bicyclic) bond motifs is 14. The van der Waals surface area contributed by atoms with Gasteiger partial charge in [0.05, 0.1) is 33.3 Å². The van der Waals surface area contributed by atoms with Crippen molar-refractivity contribution in [3.8, 4) is 22.9 Å². The molecule has 0 saturated carbocycles. The summed E-state index contributed by atoms with van der Waals surface area (Å²) in [6, 6.07) is 64.8. The number of para-hydroxylation sites is 4. The minimum atomic E-state index is 0.628. The first kappa shape index (κ1) is 30.6. The van der Waals surface area contributed by atoms with Crippen LogP contribution in [0.4, 0.5) is 0 Å². The Balaban J connectivity index is 1.13. The Morgan fingerprint density at radius 2 is 1.02 bits per heavy atom. The van der Waals surface area contributed by atoms with Crippen molar-refractivity contribution < 1.29 is 4.42 Å². The van der Waals surface area contributed by atoms with Crippen molar-refractivity contribution in [1.29, 1.82) is 0 Å². The quantitative estimate of drug-likeness (QED) is 0.170. The molecule has 0 fully saturated rings. The number of furan rings is 1. The Bertz CT molecular complexity index is 3810. The third kappa shape index (κ3) is 4.28. The van der Waals surface area contributed by atoms with Crippen molar-refractivity contribution in [2.45, 2.75) is 0 Å². The fraction of sp³-hybridized carbons (Fsp3) is 0. The smallest absolute Gasteiger partial charge is 0.235 e. The summed E-state index contributed by atoms with van der Waals surface area (Å²) in [4.78, 5) is 11.1. The SMILES string of the molecule is c1ccc(-n2c3ccccc3c3cc(-c4nc(-n5c6ccccc6c6cc7ccc8c9ccccc9oc8c7cc65)nc5c4ccc4ccccc45)ccc32)cc1. The fourth-order valence-corrected chi connectivity index (χ4v) is 9.33. The van der Waals surface area contributed by atoms with Crippen LogP contribution in [-0.4, -0.2) is 19.1 Å². The second-order valence-corrected chi connectivity index (χ2v) is 15.0. The molecule has 0 aliphatic heterocycles. The van der Waals surface area contributed by atoms with E-state index in [0.717, 1.165) is 98.7 Å². The lowest BCUT2D eigenvalue weighted by molar-refractivity contribution is 0.672. The monoisotopic (exact) mass is 726 g/mol. The van der Waals surface area contributed by atoms with Gasteiger partial charge in [-0.3, -0.25) is 4.57 Å². The molecular formula is C52H30N4O. The molecule has 0 saturated heterocycles. The van der Waals surface area contributed by atoms with Gasteiger partial charge in [-0.1, -0.05) is 115 Å². The third-order valence-electron chi connectivity index (χ3n) is 11.9. The summed E-state index contributed by atoms with van der Waals surface area (Å²) in [7, 11) is 0. The summed E-state index contributed by atoms with van der Waals surface area (Å²) in [6.45, 7) is 0. The molecule has 4 aromatic heterocycles. The number of aromatic nitrogens is 4. The van der Waals surface area contributed by atoms with E-state index < -0.39 is 0 Å². The van der Waals surface area contributed by atoms with Crippen LogP contribution in [-0.2, 0) is 0 Å². The van der Waals surface area contributed by atoms with Gasteiger partial charge in [0.15, 0.2) is 0 Å². The van der Waals surface area contributed by atoms with Gasteiger partial charge in [-0.2, -0.15) is 0 Å². The summed E-state index contributed by atoms with van der Waals surface area (Å²) in [5, 5.41) is 12.3. The normalized spacial score (nSPS) is 12.2. The van der Waals surface area contributed by atoms with Crippen LogP contribution < -0.4 is 0 Å². The molecule has 0 N–H and O–H groups in total. The predicted molar refractivity (Wildman–Crippen MR) is 236 cm³/mol. The average molecular weight is 727 g/mol. The van der Waals surface area contributed by atoms with Crippen LogP contribution >= 0.6 is 0 Å². The first-order valence-electron chi connectivity index (χ1n) is 19.3. The molecule has 4 heterocycles. The number of benzene rings is 9. The molecule has 5 nitrogen and oxygen atoms in total. The van der Waals surface area contributed by atoms with E-state index in [9.17, 15) is 0 Å². The highest BCUT2D eigenvalue weighted by Crippen LogP contribution is 2.41. The van der Waals surface area contributed by atoms with Crippen LogP contribution in [0, 0.1) is 0 Å². The summed E-state index contributed by atoms with van der Waals surface area (Å²) in [5.74, 6) is 0.628. The largest absolute Gasteiger partial charge is 0.455 e. The maximum Gasteiger partial charge on any atom is 0.235 e. The fourth-order valence-electron chi connectivity index (χ4n) is 9.33. The van der Waals surface area contributed by atoms with Crippen LogP contribution in [0.3, 0.4) is 0 Å². The molecule has 0 aliphatic rings. The molecule has 13 aromatic rings. The molecule has 0 amide bonds. The van der Waals surface area contributed by atoms with E-state index in [2.05, 4.69) is 179 Å². The van der Waals surface area contributed by atoms with Crippen molar-refractivity contribution in [2.75, 3.05) is 0 Å². The summed E-state index contributed by atoms with van der Waals surface area (Å²) < 4.78 is 11.2. The first-order valence-corrected chi connectivity index (χ1v) is 19.3. The van der Waals surface area contributed by atoms with Gasteiger partial charge in [0.25, 0.3) is 0 Å². The van der Waals surface area contributed by atoms with E-state index in [4.69, 9.17) is 14.4 Å². The van der Waals surface area contributed by atoms with Crippen LogP contribution in [0.1, 0.15) is 0 Å². The molecule has 264 valence electrons. The van der Waals surface area contributed by atoms with E-state index in [1.807, 2.05) is 12.1 Å². The Kier molecular flexibility index (Phi) is 6.10. The second-order valence-electron chi connectivity index (χ2n) is 15.0. The zero-order valence-corrected chi connectivity index (χ0v) is 30.5. The standard InChI is InChI=1S/C52H30N4O/c1-2-13-34(14-3-1)55-44-19-9-6-16-36(44)42-29-33(24-27-46(42)55)49-40-26-22-31-12-4-5-15-35(31)50(40)54-52(53-49)56-45-20-10-7-17-37(45)43-28-32-23-25-39-38-18-8-11-21-48(38)57-51(39)41(32)30-47(43)56/h1-30H. The zero-order chi connectivity index (χ0) is 37.2. The van der Waals surface area contributed by atoms with Crippen molar-refractivity contribution in [3.63, 3.8) is 0 Å². The molecule has 0 bridgehead atoms. The highest BCUT2D eigenvalue weighted by Gasteiger charge is 2.21. The molecular weight excluding hydrogens is 697 g/mol. The zero-order valence-electron chi connectivity index (χ0n) is 30.5. The first-order chi connectivity index (χ1) is 28.3. The molecule has 13 rings (SSSR count). The van der Waals surface area contributed by atoms with Gasteiger partial charge in [-0.15, -0.1) is 0 Å². The van der Waals surface area contributed by atoms with Gasteiger partial charge >= 0.3 is 0 Å².